The van der Waals surface area contributed by atoms with E-state index < -0.39 is 5.97 Å². The third kappa shape index (κ3) is 1.94. The highest BCUT2D eigenvalue weighted by molar-refractivity contribution is 6.26. The number of carbonyl (C=O) groups is 1. The molecule has 0 N–H and O–H groups in total. The highest BCUT2D eigenvalue weighted by Crippen LogP contribution is 2.17. The van der Waals surface area contributed by atoms with Crippen LogP contribution >= 0.6 is 11.6 Å². The number of ether oxygens (including phenoxy) is 1. The molecule has 0 amide bonds. The number of hydrogen-bond donors (Lipinski definition) is 0. The molecule has 0 fully saturated rings. The van der Waals surface area contributed by atoms with Gasteiger partial charge in [-0.15, -0.1) is 11.6 Å². The number of para-hydroxylation sites is 1. The minimum atomic E-state index is -0.580. The Morgan fingerprint density at radius 1 is 1.25 bits per heavy atom. The second-order valence-electron chi connectivity index (χ2n) is 4.14. The fourth-order valence-corrected chi connectivity index (χ4v) is 2.18. The summed E-state index contributed by atoms with van der Waals surface area (Å²) in [6.45, 7) is -0.194. The second-order valence-corrected chi connectivity index (χ2v) is 4.40. The largest absolute Gasteiger partial charge is 0.443 e. The number of hydrogen-bond acceptors (Lipinski definition) is 4. The van der Waals surface area contributed by atoms with Crippen molar-refractivity contribution < 1.29 is 9.53 Å². The number of halogens is 1. The molecule has 0 saturated carbocycles. The van der Waals surface area contributed by atoms with Crippen molar-refractivity contribution in [2.24, 2.45) is 0 Å². The van der Waals surface area contributed by atoms with Gasteiger partial charge in [-0.1, -0.05) is 18.2 Å². The summed E-state index contributed by atoms with van der Waals surface area (Å²) in [5.74, 6) is -0.834. The van der Waals surface area contributed by atoms with Gasteiger partial charge in [0.2, 0.25) is 0 Å². The molecule has 7 heteroatoms. The van der Waals surface area contributed by atoms with Crippen molar-refractivity contribution in [1.29, 1.82) is 0 Å². The molecule has 0 atom stereocenters. The number of benzene rings is 1. The lowest BCUT2D eigenvalue weighted by Gasteiger charge is -2.11. The van der Waals surface area contributed by atoms with Crippen LogP contribution in [0.15, 0.2) is 41.3 Å². The highest BCUT2D eigenvalue weighted by atomic mass is 35.5. The normalized spacial score (nSPS) is 11.1. The number of rotatable bonds is 3. The fraction of sp³-hybridized carbons (Fsp3) is 0.154. The van der Waals surface area contributed by atoms with Gasteiger partial charge in [-0.2, -0.15) is 9.61 Å². The summed E-state index contributed by atoms with van der Waals surface area (Å²) < 4.78 is 7.56. The maximum absolute atomic E-state index is 12.3. The molecule has 0 aliphatic rings. The molecule has 1 aromatic carbocycles. The number of carbonyl (C=O) groups excluding carboxylic acids is 1. The predicted octanol–water partition coefficient (Wildman–Crippen LogP) is 1.39. The minimum Gasteiger partial charge on any atom is -0.443 e. The van der Waals surface area contributed by atoms with Crippen LogP contribution in [0.3, 0.4) is 0 Å². The van der Waals surface area contributed by atoms with Crippen LogP contribution in [0.5, 0.6) is 0 Å². The molecule has 0 aliphatic heterocycles. The second kappa shape index (κ2) is 4.97. The van der Waals surface area contributed by atoms with Crippen molar-refractivity contribution in [2.75, 3.05) is 5.88 Å². The number of esters is 1. The van der Waals surface area contributed by atoms with E-state index in [2.05, 4.69) is 5.10 Å². The smallest absolute Gasteiger partial charge is 0.352 e. The molecule has 0 unspecified atom stereocenters. The van der Waals surface area contributed by atoms with E-state index in [0.29, 0.717) is 11.0 Å². The maximum atomic E-state index is 12.3. The van der Waals surface area contributed by atoms with Gasteiger partial charge in [0.05, 0.1) is 17.2 Å². The monoisotopic (exact) mass is 291 g/mol. The molecule has 0 bridgehead atoms. The average Bonchev–Trinajstić information content (AvgIpc) is 2.96. The van der Waals surface area contributed by atoms with Crippen molar-refractivity contribution in [3.05, 3.63) is 47.0 Å². The van der Waals surface area contributed by atoms with E-state index in [-0.39, 0.29) is 18.3 Å². The number of alkyl halides is 1. The third-order valence-corrected chi connectivity index (χ3v) is 3.21. The van der Waals surface area contributed by atoms with Gasteiger partial charge in [0.15, 0.2) is 6.73 Å². The Hall–Kier alpha value is -2.34. The third-order valence-electron chi connectivity index (χ3n) is 2.99. The van der Waals surface area contributed by atoms with E-state index >= 15 is 0 Å². The lowest BCUT2D eigenvalue weighted by molar-refractivity contribution is -0.144. The summed E-state index contributed by atoms with van der Waals surface area (Å²) in [6, 6.07) is 9.12. The predicted molar refractivity (Wildman–Crippen MR) is 73.8 cm³/mol. The molecule has 2 heterocycles. The number of nitrogens with zero attached hydrogens (tertiary/aromatic N) is 3. The quantitative estimate of drug-likeness (QED) is 0.540. The van der Waals surface area contributed by atoms with Crippen molar-refractivity contribution in [3.8, 4) is 0 Å². The Balaban J connectivity index is 2.24. The van der Waals surface area contributed by atoms with Gasteiger partial charge in [-0.3, -0.25) is 9.36 Å². The van der Waals surface area contributed by atoms with Gasteiger partial charge < -0.3 is 4.74 Å². The molecule has 3 aromatic rings. The SMILES string of the molecule is O=C(CCl)OCn1c(=O)n2nccc2c2ccccc21. The van der Waals surface area contributed by atoms with E-state index in [4.69, 9.17) is 16.3 Å². The van der Waals surface area contributed by atoms with Gasteiger partial charge >= 0.3 is 11.7 Å². The summed E-state index contributed by atoms with van der Waals surface area (Å²) in [7, 11) is 0. The molecule has 20 heavy (non-hydrogen) atoms. The molecule has 0 radical (unpaired) electrons. The van der Waals surface area contributed by atoms with Crippen LogP contribution in [0.4, 0.5) is 0 Å². The van der Waals surface area contributed by atoms with Crippen LogP contribution in [0.1, 0.15) is 0 Å². The topological polar surface area (TPSA) is 65.6 Å². The Morgan fingerprint density at radius 2 is 2.05 bits per heavy atom. The van der Waals surface area contributed by atoms with E-state index in [9.17, 15) is 9.59 Å². The number of fused-ring (bicyclic) bond motifs is 3. The molecule has 6 nitrogen and oxygen atoms in total. The molecule has 102 valence electrons. The van der Waals surface area contributed by atoms with E-state index in [1.165, 1.54) is 9.08 Å². The van der Waals surface area contributed by atoms with E-state index in [1.54, 1.807) is 18.3 Å². The van der Waals surface area contributed by atoms with Crippen LogP contribution < -0.4 is 5.69 Å². The zero-order valence-electron chi connectivity index (χ0n) is 10.3. The van der Waals surface area contributed by atoms with Crippen molar-refractivity contribution in [1.82, 2.24) is 14.2 Å². The van der Waals surface area contributed by atoms with Crippen molar-refractivity contribution in [3.63, 3.8) is 0 Å². The van der Waals surface area contributed by atoms with Gasteiger partial charge in [-0.25, -0.2) is 4.79 Å². The summed E-state index contributed by atoms with van der Waals surface area (Å²) in [6.07, 6.45) is 1.55. The summed E-state index contributed by atoms with van der Waals surface area (Å²) in [5.41, 5.74) is 1.02. The van der Waals surface area contributed by atoms with Crippen LogP contribution in [0, 0.1) is 0 Å². The molecule has 3 rings (SSSR count). The fourth-order valence-electron chi connectivity index (χ4n) is 2.10. The molecular formula is C13H10ClN3O3. The molecule has 0 saturated heterocycles. The minimum absolute atomic E-state index is 0.194. The highest BCUT2D eigenvalue weighted by Gasteiger charge is 2.11. The summed E-state index contributed by atoms with van der Waals surface area (Å²) in [5, 5.41) is 4.85. The van der Waals surface area contributed by atoms with Crippen LogP contribution in [0.2, 0.25) is 0 Å². The zero-order valence-corrected chi connectivity index (χ0v) is 11.1. The molecule has 0 aliphatic carbocycles. The van der Waals surface area contributed by atoms with Crippen molar-refractivity contribution >= 4 is 34.0 Å². The zero-order chi connectivity index (χ0) is 14.1. The number of aromatic nitrogens is 3. The Morgan fingerprint density at radius 3 is 2.85 bits per heavy atom. The Labute approximate surface area is 118 Å². The summed E-state index contributed by atoms with van der Waals surface area (Å²) >= 11 is 5.37. The first-order valence-corrected chi connectivity index (χ1v) is 6.42. The molecule has 0 spiro atoms. The van der Waals surface area contributed by atoms with Gasteiger partial charge in [-0.05, 0) is 12.1 Å². The van der Waals surface area contributed by atoms with E-state index in [1.807, 2.05) is 18.2 Å². The molecular weight excluding hydrogens is 282 g/mol. The van der Waals surface area contributed by atoms with Crippen molar-refractivity contribution in [2.45, 2.75) is 6.73 Å². The molecule has 2 aromatic heterocycles. The van der Waals surface area contributed by atoms with Gasteiger partial charge in [0, 0.05) is 5.39 Å². The van der Waals surface area contributed by atoms with Gasteiger partial charge in [0.1, 0.15) is 5.88 Å². The summed E-state index contributed by atoms with van der Waals surface area (Å²) in [4.78, 5) is 23.5. The Kier molecular flexibility index (Phi) is 3.15. The first-order chi connectivity index (χ1) is 9.72. The van der Waals surface area contributed by atoms with Crippen LogP contribution in [-0.2, 0) is 16.3 Å². The van der Waals surface area contributed by atoms with E-state index in [0.717, 1.165) is 5.39 Å². The first kappa shape index (κ1) is 12.7. The first-order valence-electron chi connectivity index (χ1n) is 5.89. The standard InChI is InChI=1S/C13H10ClN3O3/c14-7-12(18)20-8-16-10-4-2-1-3-9(10)11-5-6-15-17(11)13(16)19/h1-6H,7-8H2. The average molecular weight is 292 g/mol. The Bertz CT molecular complexity index is 853. The lowest BCUT2D eigenvalue weighted by atomic mass is 10.2. The lowest BCUT2D eigenvalue weighted by Crippen LogP contribution is -2.29. The van der Waals surface area contributed by atoms with Gasteiger partial charge in [0.25, 0.3) is 0 Å². The van der Waals surface area contributed by atoms with Crippen LogP contribution in [0.25, 0.3) is 16.4 Å². The van der Waals surface area contributed by atoms with Crippen LogP contribution in [-0.4, -0.2) is 26.0 Å². The maximum Gasteiger partial charge on any atom is 0.352 e.